The number of thiophene rings is 1. The maximum absolute atomic E-state index is 12.6. The molecule has 0 spiro atoms. The summed E-state index contributed by atoms with van der Waals surface area (Å²) in [5.74, 6) is -0.187. The highest BCUT2D eigenvalue weighted by Gasteiger charge is 2.33. The predicted octanol–water partition coefficient (Wildman–Crippen LogP) is 4.65. The molecule has 25 heavy (non-hydrogen) atoms. The molecular weight excluding hydrogens is 419 g/mol. The summed E-state index contributed by atoms with van der Waals surface area (Å²) in [6.07, 6.45) is -3.21. The van der Waals surface area contributed by atoms with Crippen molar-refractivity contribution in [1.29, 1.82) is 0 Å². The van der Waals surface area contributed by atoms with Crippen LogP contribution in [-0.4, -0.2) is 15.7 Å². The lowest BCUT2D eigenvalue weighted by molar-refractivity contribution is -0.141. The molecule has 0 aliphatic carbocycles. The van der Waals surface area contributed by atoms with Crippen LogP contribution in [0.1, 0.15) is 20.9 Å². The fourth-order valence-electron chi connectivity index (χ4n) is 2.10. The van der Waals surface area contributed by atoms with Crippen molar-refractivity contribution in [3.8, 4) is 5.69 Å². The summed E-state index contributed by atoms with van der Waals surface area (Å²) in [6.45, 7) is 0.316. The molecule has 130 valence electrons. The van der Waals surface area contributed by atoms with E-state index in [9.17, 15) is 18.0 Å². The van der Waals surface area contributed by atoms with E-state index in [2.05, 4.69) is 26.3 Å². The summed E-state index contributed by atoms with van der Waals surface area (Å²) >= 11 is 4.64. The topological polar surface area (TPSA) is 46.9 Å². The third-order valence-electron chi connectivity index (χ3n) is 3.36. The lowest BCUT2D eigenvalue weighted by Gasteiger charge is -2.07. The number of nitrogens with zero attached hydrogens (tertiary/aromatic N) is 2. The first-order chi connectivity index (χ1) is 11.8. The SMILES string of the molecule is O=C(NCc1ccc(-n2ccc(C(F)(F)F)n2)cc1)c1sccc1Br. The van der Waals surface area contributed by atoms with Crippen LogP contribution >= 0.6 is 27.3 Å². The quantitative estimate of drug-likeness (QED) is 0.656. The Bertz CT molecular complexity index is 887. The van der Waals surface area contributed by atoms with Gasteiger partial charge in [0.05, 0.1) is 5.69 Å². The highest BCUT2D eigenvalue weighted by molar-refractivity contribution is 9.10. The normalized spacial score (nSPS) is 11.5. The minimum Gasteiger partial charge on any atom is -0.347 e. The first kappa shape index (κ1) is 17.7. The van der Waals surface area contributed by atoms with Gasteiger partial charge in [-0.2, -0.15) is 18.3 Å². The molecule has 9 heteroatoms. The van der Waals surface area contributed by atoms with Crippen LogP contribution in [0.15, 0.2) is 52.4 Å². The fourth-order valence-corrected chi connectivity index (χ4v) is 3.57. The highest BCUT2D eigenvalue weighted by atomic mass is 79.9. The molecule has 0 fully saturated rings. The van der Waals surface area contributed by atoms with E-state index in [0.29, 0.717) is 17.1 Å². The number of hydrogen-bond acceptors (Lipinski definition) is 3. The number of aromatic nitrogens is 2. The molecule has 0 unspecified atom stereocenters. The fraction of sp³-hybridized carbons (Fsp3) is 0.125. The standard InChI is InChI=1S/C16H11BrF3N3OS/c17-12-6-8-25-14(12)15(24)21-9-10-1-3-11(4-2-10)23-7-5-13(22-23)16(18,19)20/h1-8H,9H2,(H,21,24). The first-order valence-corrected chi connectivity index (χ1v) is 8.75. The zero-order valence-corrected chi connectivity index (χ0v) is 15.0. The summed E-state index contributed by atoms with van der Waals surface area (Å²) in [6, 6.07) is 9.48. The maximum Gasteiger partial charge on any atom is 0.435 e. The first-order valence-electron chi connectivity index (χ1n) is 7.08. The van der Waals surface area contributed by atoms with Crippen LogP contribution in [-0.2, 0) is 12.7 Å². The van der Waals surface area contributed by atoms with Crippen LogP contribution in [0.3, 0.4) is 0 Å². The van der Waals surface area contributed by atoms with Crippen molar-refractivity contribution in [1.82, 2.24) is 15.1 Å². The van der Waals surface area contributed by atoms with Gasteiger partial charge in [-0.05, 0) is 51.1 Å². The Morgan fingerprint density at radius 1 is 1.20 bits per heavy atom. The molecule has 2 aromatic heterocycles. The molecule has 3 aromatic rings. The van der Waals surface area contributed by atoms with Crippen molar-refractivity contribution in [3.63, 3.8) is 0 Å². The minimum atomic E-state index is -4.47. The maximum atomic E-state index is 12.6. The van der Waals surface area contributed by atoms with Crippen LogP contribution in [0, 0.1) is 0 Å². The zero-order valence-electron chi connectivity index (χ0n) is 12.5. The van der Waals surface area contributed by atoms with Crippen molar-refractivity contribution >= 4 is 33.2 Å². The van der Waals surface area contributed by atoms with Gasteiger partial charge in [0.25, 0.3) is 5.91 Å². The number of amides is 1. The van der Waals surface area contributed by atoms with E-state index < -0.39 is 11.9 Å². The molecule has 0 saturated heterocycles. The van der Waals surface area contributed by atoms with E-state index >= 15 is 0 Å². The third kappa shape index (κ3) is 4.10. The van der Waals surface area contributed by atoms with Gasteiger partial charge in [0, 0.05) is 17.2 Å². The summed E-state index contributed by atoms with van der Waals surface area (Å²) in [4.78, 5) is 12.6. The lowest BCUT2D eigenvalue weighted by Crippen LogP contribution is -2.22. The molecule has 0 atom stereocenters. The summed E-state index contributed by atoms with van der Waals surface area (Å²) in [7, 11) is 0. The number of alkyl halides is 3. The monoisotopic (exact) mass is 429 g/mol. The Labute approximate surface area is 153 Å². The smallest absolute Gasteiger partial charge is 0.347 e. The second-order valence-electron chi connectivity index (χ2n) is 5.09. The number of benzene rings is 1. The molecule has 1 amide bonds. The molecule has 0 radical (unpaired) electrons. The van der Waals surface area contributed by atoms with Crippen molar-refractivity contribution in [2.45, 2.75) is 12.7 Å². The zero-order chi connectivity index (χ0) is 18.0. The van der Waals surface area contributed by atoms with Crippen molar-refractivity contribution < 1.29 is 18.0 Å². The van der Waals surface area contributed by atoms with Gasteiger partial charge in [-0.3, -0.25) is 4.79 Å². The van der Waals surface area contributed by atoms with E-state index in [0.717, 1.165) is 20.8 Å². The Hall–Kier alpha value is -2.13. The number of halogens is 4. The Balaban J connectivity index is 1.65. The van der Waals surface area contributed by atoms with Gasteiger partial charge < -0.3 is 5.32 Å². The van der Waals surface area contributed by atoms with Crippen LogP contribution < -0.4 is 5.32 Å². The van der Waals surface area contributed by atoms with Crippen LogP contribution in [0.5, 0.6) is 0 Å². The molecular formula is C16H11BrF3N3OS. The third-order valence-corrected chi connectivity index (χ3v) is 5.19. The van der Waals surface area contributed by atoms with Gasteiger partial charge in [-0.25, -0.2) is 4.68 Å². The van der Waals surface area contributed by atoms with Gasteiger partial charge in [-0.15, -0.1) is 11.3 Å². The molecule has 2 heterocycles. The second kappa shape index (κ2) is 7.01. The molecule has 1 aromatic carbocycles. The number of rotatable bonds is 4. The average Bonchev–Trinajstić information content (AvgIpc) is 3.22. The van der Waals surface area contributed by atoms with E-state index in [4.69, 9.17) is 0 Å². The Morgan fingerprint density at radius 3 is 2.48 bits per heavy atom. The van der Waals surface area contributed by atoms with Gasteiger partial charge in [0.1, 0.15) is 4.88 Å². The molecule has 0 aliphatic rings. The molecule has 3 rings (SSSR count). The van der Waals surface area contributed by atoms with E-state index in [1.807, 2.05) is 5.38 Å². The summed E-state index contributed by atoms with van der Waals surface area (Å²) < 4.78 is 39.7. The number of carbonyl (C=O) groups is 1. The van der Waals surface area contributed by atoms with E-state index in [1.54, 1.807) is 30.3 Å². The van der Waals surface area contributed by atoms with Gasteiger partial charge >= 0.3 is 6.18 Å². The van der Waals surface area contributed by atoms with Crippen LogP contribution in [0.25, 0.3) is 5.69 Å². The van der Waals surface area contributed by atoms with Crippen molar-refractivity contribution in [2.75, 3.05) is 0 Å². The largest absolute Gasteiger partial charge is 0.435 e. The average molecular weight is 430 g/mol. The highest BCUT2D eigenvalue weighted by Crippen LogP contribution is 2.28. The van der Waals surface area contributed by atoms with Gasteiger partial charge in [-0.1, -0.05) is 12.1 Å². The molecule has 4 nitrogen and oxygen atoms in total. The van der Waals surface area contributed by atoms with Crippen LogP contribution in [0.2, 0.25) is 0 Å². The summed E-state index contributed by atoms with van der Waals surface area (Å²) in [5, 5.41) is 8.13. The number of nitrogens with one attached hydrogen (secondary N) is 1. The molecule has 0 bridgehead atoms. The minimum absolute atomic E-state index is 0.187. The molecule has 1 N–H and O–H groups in total. The van der Waals surface area contributed by atoms with Crippen molar-refractivity contribution in [3.05, 3.63) is 68.6 Å². The van der Waals surface area contributed by atoms with Gasteiger partial charge in [0.2, 0.25) is 0 Å². The van der Waals surface area contributed by atoms with E-state index in [1.165, 1.54) is 17.5 Å². The van der Waals surface area contributed by atoms with Gasteiger partial charge in [0.15, 0.2) is 5.69 Å². The van der Waals surface area contributed by atoms with Crippen molar-refractivity contribution in [2.24, 2.45) is 0 Å². The number of carbonyl (C=O) groups excluding carboxylic acids is 1. The molecule has 0 aliphatic heterocycles. The molecule has 0 saturated carbocycles. The Kier molecular flexibility index (Phi) is 4.96. The predicted molar refractivity (Wildman–Crippen MR) is 91.8 cm³/mol. The Morgan fingerprint density at radius 2 is 1.92 bits per heavy atom. The summed E-state index contributed by atoms with van der Waals surface area (Å²) in [5.41, 5.74) is 0.393. The number of hydrogen-bond donors (Lipinski definition) is 1. The lowest BCUT2D eigenvalue weighted by atomic mass is 10.2. The second-order valence-corrected chi connectivity index (χ2v) is 6.86. The van der Waals surface area contributed by atoms with Crippen LogP contribution in [0.4, 0.5) is 13.2 Å². The van der Waals surface area contributed by atoms with E-state index in [-0.39, 0.29) is 5.91 Å².